The second-order valence-electron chi connectivity index (χ2n) is 5.18. The van der Waals surface area contributed by atoms with Gasteiger partial charge in [-0.25, -0.2) is 4.79 Å². The SMILES string of the molecule is COC(=O)c1ccc(-c2cc(C)c(-c3ccccc3)[nH]2)cc1. The third-order valence-corrected chi connectivity index (χ3v) is 3.69. The van der Waals surface area contributed by atoms with Crippen LogP contribution in [0.25, 0.3) is 22.5 Å². The van der Waals surface area contributed by atoms with Crippen LogP contribution in [0.4, 0.5) is 0 Å². The quantitative estimate of drug-likeness (QED) is 0.725. The van der Waals surface area contributed by atoms with E-state index in [9.17, 15) is 4.79 Å². The van der Waals surface area contributed by atoms with E-state index in [0.717, 1.165) is 22.5 Å². The number of aromatic nitrogens is 1. The van der Waals surface area contributed by atoms with E-state index in [4.69, 9.17) is 4.74 Å². The Kier molecular flexibility index (Phi) is 3.79. The normalized spacial score (nSPS) is 10.5. The van der Waals surface area contributed by atoms with Crippen molar-refractivity contribution in [1.82, 2.24) is 4.98 Å². The number of aromatic amines is 1. The summed E-state index contributed by atoms with van der Waals surface area (Å²) in [5.74, 6) is -0.320. The number of carbonyl (C=O) groups is 1. The predicted octanol–water partition coefficient (Wildman–Crippen LogP) is 4.44. The van der Waals surface area contributed by atoms with Gasteiger partial charge in [0.2, 0.25) is 0 Å². The number of carbonyl (C=O) groups excluding carboxylic acids is 1. The summed E-state index contributed by atoms with van der Waals surface area (Å²) in [7, 11) is 1.39. The number of esters is 1. The van der Waals surface area contributed by atoms with Gasteiger partial charge in [0.1, 0.15) is 0 Å². The van der Waals surface area contributed by atoms with Crippen molar-refractivity contribution in [3.8, 4) is 22.5 Å². The van der Waals surface area contributed by atoms with Gasteiger partial charge in [-0.2, -0.15) is 0 Å². The first kappa shape index (κ1) is 14.1. The largest absolute Gasteiger partial charge is 0.465 e. The zero-order valence-electron chi connectivity index (χ0n) is 12.6. The number of methoxy groups -OCH3 is 1. The van der Waals surface area contributed by atoms with Gasteiger partial charge in [0.05, 0.1) is 12.7 Å². The molecule has 2 aromatic carbocycles. The Hall–Kier alpha value is -2.81. The molecule has 3 heteroatoms. The van der Waals surface area contributed by atoms with Gasteiger partial charge in [-0.1, -0.05) is 42.5 Å². The first-order valence-electron chi connectivity index (χ1n) is 7.13. The molecule has 0 fully saturated rings. The van der Waals surface area contributed by atoms with Crippen LogP contribution in [0.15, 0.2) is 60.7 Å². The van der Waals surface area contributed by atoms with Gasteiger partial charge in [-0.05, 0) is 41.8 Å². The number of rotatable bonds is 3. The van der Waals surface area contributed by atoms with Crippen LogP contribution in [0.3, 0.4) is 0 Å². The average molecular weight is 291 g/mol. The molecular formula is C19H17NO2. The van der Waals surface area contributed by atoms with Gasteiger partial charge in [-0.3, -0.25) is 0 Å². The summed E-state index contributed by atoms with van der Waals surface area (Å²) in [5.41, 5.74) is 6.10. The first-order valence-corrected chi connectivity index (χ1v) is 7.13. The Balaban J connectivity index is 1.95. The molecule has 0 radical (unpaired) electrons. The number of aryl methyl sites for hydroxylation is 1. The molecule has 22 heavy (non-hydrogen) atoms. The first-order chi connectivity index (χ1) is 10.7. The molecule has 0 bridgehead atoms. The number of H-pyrrole nitrogens is 1. The van der Waals surface area contributed by atoms with Gasteiger partial charge in [0.25, 0.3) is 0 Å². The summed E-state index contributed by atoms with van der Waals surface area (Å²) in [6.07, 6.45) is 0. The van der Waals surface area contributed by atoms with Crippen LogP contribution >= 0.6 is 0 Å². The van der Waals surface area contributed by atoms with Crippen molar-refractivity contribution in [3.05, 3.63) is 71.8 Å². The number of ether oxygens (including phenoxy) is 1. The molecule has 0 aliphatic rings. The lowest BCUT2D eigenvalue weighted by Crippen LogP contribution is -2.00. The molecule has 110 valence electrons. The maximum absolute atomic E-state index is 11.5. The van der Waals surface area contributed by atoms with E-state index in [0.29, 0.717) is 5.56 Å². The van der Waals surface area contributed by atoms with Crippen LogP contribution in [0.1, 0.15) is 15.9 Å². The van der Waals surface area contributed by atoms with Crippen LogP contribution < -0.4 is 0 Å². The molecule has 0 aliphatic carbocycles. The molecule has 0 aliphatic heterocycles. The monoisotopic (exact) mass is 291 g/mol. The highest BCUT2D eigenvalue weighted by atomic mass is 16.5. The lowest BCUT2D eigenvalue weighted by molar-refractivity contribution is 0.0601. The highest BCUT2D eigenvalue weighted by molar-refractivity contribution is 5.90. The van der Waals surface area contributed by atoms with E-state index in [-0.39, 0.29) is 5.97 Å². The topological polar surface area (TPSA) is 42.1 Å². The summed E-state index contributed by atoms with van der Waals surface area (Å²) >= 11 is 0. The predicted molar refractivity (Wildman–Crippen MR) is 87.7 cm³/mol. The zero-order valence-corrected chi connectivity index (χ0v) is 12.6. The van der Waals surface area contributed by atoms with Gasteiger partial charge in [0.15, 0.2) is 0 Å². The molecule has 3 aromatic rings. The Morgan fingerprint density at radius 1 is 0.955 bits per heavy atom. The fraction of sp³-hybridized carbons (Fsp3) is 0.105. The molecule has 1 aromatic heterocycles. The molecule has 1 N–H and O–H groups in total. The standard InChI is InChI=1S/C19H17NO2/c1-13-12-17(20-18(13)15-6-4-3-5-7-15)14-8-10-16(11-9-14)19(21)22-2/h3-12,20H,1-2H3. The highest BCUT2D eigenvalue weighted by Crippen LogP contribution is 2.28. The third-order valence-electron chi connectivity index (χ3n) is 3.69. The molecule has 3 rings (SSSR count). The van der Waals surface area contributed by atoms with E-state index in [1.54, 1.807) is 12.1 Å². The van der Waals surface area contributed by atoms with Crippen molar-refractivity contribution in [2.24, 2.45) is 0 Å². The summed E-state index contributed by atoms with van der Waals surface area (Å²) in [5, 5.41) is 0. The van der Waals surface area contributed by atoms with Crippen molar-refractivity contribution >= 4 is 5.97 Å². The van der Waals surface area contributed by atoms with Crippen molar-refractivity contribution in [3.63, 3.8) is 0 Å². The fourth-order valence-electron chi connectivity index (χ4n) is 2.52. The Morgan fingerprint density at radius 3 is 2.27 bits per heavy atom. The van der Waals surface area contributed by atoms with E-state index >= 15 is 0 Å². The minimum atomic E-state index is -0.320. The Bertz CT molecular complexity index is 786. The van der Waals surface area contributed by atoms with Gasteiger partial charge < -0.3 is 9.72 Å². The van der Waals surface area contributed by atoms with Crippen molar-refractivity contribution in [2.75, 3.05) is 7.11 Å². The molecule has 0 amide bonds. The summed E-state index contributed by atoms with van der Waals surface area (Å²) < 4.78 is 4.72. The minimum absolute atomic E-state index is 0.320. The smallest absolute Gasteiger partial charge is 0.337 e. The van der Waals surface area contributed by atoms with Crippen molar-refractivity contribution in [1.29, 1.82) is 0 Å². The molecule has 1 heterocycles. The second kappa shape index (κ2) is 5.90. The van der Waals surface area contributed by atoms with Crippen LogP contribution in [-0.2, 0) is 4.74 Å². The Morgan fingerprint density at radius 2 is 1.64 bits per heavy atom. The summed E-state index contributed by atoms with van der Waals surface area (Å²) in [4.78, 5) is 14.9. The number of nitrogens with one attached hydrogen (secondary N) is 1. The number of hydrogen-bond donors (Lipinski definition) is 1. The van der Waals surface area contributed by atoms with E-state index in [2.05, 4.69) is 30.1 Å². The van der Waals surface area contributed by atoms with Crippen LogP contribution in [-0.4, -0.2) is 18.1 Å². The number of benzene rings is 2. The van der Waals surface area contributed by atoms with E-state index < -0.39 is 0 Å². The van der Waals surface area contributed by atoms with Gasteiger partial charge in [-0.15, -0.1) is 0 Å². The lowest BCUT2D eigenvalue weighted by Gasteiger charge is -2.02. The van der Waals surface area contributed by atoms with E-state index in [1.165, 1.54) is 12.7 Å². The maximum Gasteiger partial charge on any atom is 0.337 e. The molecular weight excluding hydrogens is 274 g/mol. The van der Waals surface area contributed by atoms with Crippen LogP contribution in [0, 0.1) is 6.92 Å². The second-order valence-corrected chi connectivity index (χ2v) is 5.18. The summed E-state index contributed by atoms with van der Waals surface area (Å²) in [6, 6.07) is 19.8. The van der Waals surface area contributed by atoms with E-state index in [1.807, 2.05) is 30.3 Å². The fourth-order valence-corrected chi connectivity index (χ4v) is 2.52. The molecule has 0 saturated carbocycles. The molecule has 0 atom stereocenters. The van der Waals surface area contributed by atoms with Crippen LogP contribution in [0.5, 0.6) is 0 Å². The van der Waals surface area contributed by atoms with Crippen molar-refractivity contribution in [2.45, 2.75) is 6.92 Å². The molecule has 0 spiro atoms. The van der Waals surface area contributed by atoms with Gasteiger partial charge in [0, 0.05) is 11.4 Å². The third kappa shape index (κ3) is 2.66. The minimum Gasteiger partial charge on any atom is -0.465 e. The van der Waals surface area contributed by atoms with Crippen molar-refractivity contribution < 1.29 is 9.53 Å². The van der Waals surface area contributed by atoms with Crippen LogP contribution in [0.2, 0.25) is 0 Å². The maximum atomic E-state index is 11.5. The zero-order chi connectivity index (χ0) is 15.5. The number of hydrogen-bond acceptors (Lipinski definition) is 2. The molecule has 0 saturated heterocycles. The highest BCUT2D eigenvalue weighted by Gasteiger charge is 2.09. The lowest BCUT2D eigenvalue weighted by atomic mass is 10.1. The molecule has 3 nitrogen and oxygen atoms in total. The average Bonchev–Trinajstić information content (AvgIpc) is 2.97. The Labute approximate surface area is 129 Å². The van der Waals surface area contributed by atoms with Gasteiger partial charge >= 0.3 is 5.97 Å². The summed E-state index contributed by atoms with van der Waals surface area (Å²) in [6.45, 7) is 2.09. The molecule has 0 unspecified atom stereocenters.